The zero-order chi connectivity index (χ0) is 17.2. The van der Waals surface area contributed by atoms with Crippen LogP contribution in [0.3, 0.4) is 0 Å². The highest BCUT2D eigenvalue weighted by atomic mass is 35.5. The third kappa shape index (κ3) is 3.41. The minimum absolute atomic E-state index is 0. The monoisotopic (exact) mass is 372 g/mol. The van der Waals surface area contributed by atoms with Crippen LogP contribution in [0, 0.1) is 0 Å². The highest BCUT2D eigenvalue weighted by Gasteiger charge is 2.29. The van der Waals surface area contributed by atoms with Gasteiger partial charge >= 0.3 is 0 Å². The maximum atomic E-state index is 12.9. The van der Waals surface area contributed by atoms with Crippen molar-refractivity contribution in [1.29, 1.82) is 0 Å². The van der Waals surface area contributed by atoms with E-state index in [-0.39, 0.29) is 18.3 Å². The van der Waals surface area contributed by atoms with Gasteiger partial charge in [0.05, 0.1) is 16.9 Å². The maximum Gasteiger partial charge on any atom is 0.260 e. The summed E-state index contributed by atoms with van der Waals surface area (Å²) in [5.41, 5.74) is 2.56. The summed E-state index contributed by atoms with van der Waals surface area (Å²) in [7, 11) is 1.83. The molecule has 0 saturated carbocycles. The van der Waals surface area contributed by atoms with Crippen molar-refractivity contribution in [2.24, 2.45) is 0 Å². The fraction of sp³-hybridized carbons (Fsp3) is 0.400. The number of pyridine rings is 1. The number of anilines is 3. The molecule has 0 unspecified atom stereocenters. The summed E-state index contributed by atoms with van der Waals surface area (Å²) in [6.45, 7) is 4.39. The summed E-state index contributed by atoms with van der Waals surface area (Å²) >= 11 is 0. The Kier molecular flexibility index (Phi) is 5.79. The van der Waals surface area contributed by atoms with Crippen molar-refractivity contribution in [3.63, 3.8) is 0 Å². The molecular formula is C20H25ClN4O. The normalized spacial score (nSPS) is 16.7. The Balaban J connectivity index is 0.00000196. The number of aromatic nitrogens is 1. The Morgan fingerprint density at radius 1 is 1.00 bits per heavy atom. The Bertz CT molecular complexity index is 776. The summed E-state index contributed by atoms with van der Waals surface area (Å²) in [4.78, 5) is 24.0. The third-order valence-corrected chi connectivity index (χ3v) is 5.17. The van der Waals surface area contributed by atoms with E-state index in [0.29, 0.717) is 0 Å². The Labute approximate surface area is 161 Å². The Morgan fingerprint density at radius 2 is 1.73 bits per heavy atom. The molecule has 4 rings (SSSR count). The second-order valence-corrected chi connectivity index (χ2v) is 6.78. The topological polar surface area (TPSA) is 39.7 Å². The predicted molar refractivity (Wildman–Crippen MR) is 108 cm³/mol. The van der Waals surface area contributed by atoms with Crippen LogP contribution in [0.15, 0.2) is 42.6 Å². The van der Waals surface area contributed by atoms with Gasteiger partial charge in [-0.3, -0.25) is 4.79 Å². The number of hydrogen-bond acceptors (Lipinski definition) is 4. The summed E-state index contributed by atoms with van der Waals surface area (Å²) < 4.78 is 0. The van der Waals surface area contributed by atoms with Gasteiger partial charge in [0.1, 0.15) is 0 Å². The lowest BCUT2D eigenvalue weighted by Crippen LogP contribution is -2.26. The molecule has 0 spiro atoms. The largest absolute Gasteiger partial charge is 0.324 e. The van der Waals surface area contributed by atoms with Gasteiger partial charge in [0, 0.05) is 19.8 Å². The minimum Gasteiger partial charge on any atom is -0.324 e. The minimum atomic E-state index is 0. The zero-order valence-corrected chi connectivity index (χ0v) is 15.9. The highest BCUT2D eigenvalue weighted by molar-refractivity contribution is 6.13. The molecule has 2 aromatic rings. The molecule has 0 radical (unpaired) electrons. The number of fused-ring (bicyclic) bond motifs is 2. The molecule has 0 atom stereocenters. The fourth-order valence-corrected chi connectivity index (χ4v) is 3.84. The number of nitrogens with zero attached hydrogens (tertiary/aromatic N) is 4. The summed E-state index contributed by atoms with van der Waals surface area (Å²) in [6.07, 6.45) is 5.49. The van der Waals surface area contributed by atoms with Gasteiger partial charge in [0.2, 0.25) is 0 Å². The van der Waals surface area contributed by atoms with Crippen LogP contribution in [0.25, 0.3) is 0 Å². The molecule has 138 valence electrons. The van der Waals surface area contributed by atoms with E-state index < -0.39 is 0 Å². The summed E-state index contributed by atoms with van der Waals surface area (Å²) in [5.74, 6) is 0.886. The zero-order valence-electron chi connectivity index (χ0n) is 15.1. The average Bonchev–Trinajstić information content (AvgIpc) is 3.15. The molecule has 1 saturated heterocycles. The summed E-state index contributed by atoms with van der Waals surface area (Å²) in [6, 6.07) is 11.7. The standard InChI is InChI=1S/C20H24N4O.ClH/c1-22-18-10-6-11-21-19(18)24(15-7-14-23-12-4-5-13-23)17-9-3-2-8-16(17)20(22)25;/h2-3,6,8-11H,4-5,7,12-15H2,1H3;1H. The molecule has 0 aliphatic carbocycles. The molecule has 2 aliphatic heterocycles. The molecule has 1 aromatic carbocycles. The van der Waals surface area contributed by atoms with Crippen LogP contribution < -0.4 is 9.80 Å². The number of benzene rings is 1. The molecule has 2 aliphatic rings. The first-order valence-electron chi connectivity index (χ1n) is 9.08. The first-order valence-corrected chi connectivity index (χ1v) is 9.08. The van der Waals surface area contributed by atoms with Crippen LogP contribution in [0.1, 0.15) is 29.6 Å². The van der Waals surface area contributed by atoms with Crippen molar-refractivity contribution in [3.8, 4) is 0 Å². The van der Waals surface area contributed by atoms with E-state index in [0.717, 1.165) is 42.3 Å². The lowest BCUT2D eigenvalue weighted by molar-refractivity contribution is 0.0994. The lowest BCUT2D eigenvalue weighted by atomic mass is 10.1. The number of halogens is 1. The predicted octanol–water partition coefficient (Wildman–Crippen LogP) is 3.72. The molecule has 5 nitrogen and oxygen atoms in total. The molecule has 0 bridgehead atoms. The van der Waals surface area contributed by atoms with Gasteiger partial charge in [0.15, 0.2) is 5.82 Å². The van der Waals surface area contributed by atoms with E-state index in [1.165, 1.54) is 25.9 Å². The first kappa shape index (κ1) is 18.7. The van der Waals surface area contributed by atoms with Crippen molar-refractivity contribution < 1.29 is 4.79 Å². The fourth-order valence-electron chi connectivity index (χ4n) is 3.84. The van der Waals surface area contributed by atoms with Crippen molar-refractivity contribution >= 4 is 35.5 Å². The molecule has 26 heavy (non-hydrogen) atoms. The molecule has 1 amide bonds. The third-order valence-electron chi connectivity index (χ3n) is 5.17. The SMILES string of the molecule is CN1C(=O)c2ccccc2N(CCCN2CCCC2)c2ncccc21.Cl. The highest BCUT2D eigenvalue weighted by Crippen LogP contribution is 2.38. The van der Waals surface area contributed by atoms with Crippen molar-refractivity contribution in [1.82, 2.24) is 9.88 Å². The second-order valence-electron chi connectivity index (χ2n) is 6.78. The smallest absolute Gasteiger partial charge is 0.260 e. The van der Waals surface area contributed by atoms with Crippen LogP contribution in [-0.4, -0.2) is 49.0 Å². The number of para-hydroxylation sites is 1. The van der Waals surface area contributed by atoms with E-state index in [4.69, 9.17) is 0 Å². The van der Waals surface area contributed by atoms with Gasteiger partial charge < -0.3 is 14.7 Å². The number of hydrogen-bond donors (Lipinski definition) is 0. The maximum absolute atomic E-state index is 12.9. The van der Waals surface area contributed by atoms with E-state index in [2.05, 4.69) is 14.8 Å². The Morgan fingerprint density at radius 3 is 2.54 bits per heavy atom. The Hall–Kier alpha value is -2.11. The van der Waals surface area contributed by atoms with Crippen LogP contribution in [0.2, 0.25) is 0 Å². The van der Waals surface area contributed by atoms with Crippen molar-refractivity contribution in [2.75, 3.05) is 43.0 Å². The van der Waals surface area contributed by atoms with Gasteiger partial charge in [-0.25, -0.2) is 4.98 Å². The number of likely N-dealkylation sites (tertiary alicyclic amines) is 1. The van der Waals surface area contributed by atoms with Crippen LogP contribution in [-0.2, 0) is 0 Å². The van der Waals surface area contributed by atoms with E-state index in [1.54, 1.807) is 11.1 Å². The molecule has 3 heterocycles. The summed E-state index contributed by atoms with van der Waals surface area (Å²) in [5, 5.41) is 0. The number of carbonyl (C=O) groups is 1. The van der Waals surface area contributed by atoms with Crippen molar-refractivity contribution in [2.45, 2.75) is 19.3 Å². The first-order chi connectivity index (χ1) is 12.3. The molecule has 0 N–H and O–H groups in total. The van der Waals surface area contributed by atoms with Gasteiger partial charge in [-0.2, -0.15) is 0 Å². The molecule has 6 heteroatoms. The van der Waals surface area contributed by atoms with E-state index >= 15 is 0 Å². The van der Waals surface area contributed by atoms with Crippen molar-refractivity contribution in [3.05, 3.63) is 48.2 Å². The molecule has 1 aromatic heterocycles. The molecule has 1 fully saturated rings. The van der Waals surface area contributed by atoms with E-state index in [9.17, 15) is 4.79 Å². The number of amides is 1. The van der Waals surface area contributed by atoms with Gasteiger partial charge in [-0.1, -0.05) is 12.1 Å². The van der Waals surface area contributed by atoms with Crippen LogP contribution >= 0.6 is 12.4 Å². The quantitative estimate of drug-likeness (QED) is 0.820. The van der Waals surface area contributed by atoms with Gasteiger partial charge in [0.25, 0.3) is 5.91 Å². The number of rotatable bonds is 4. The van der Waals surface area contributed by atoms with E-state index in [1.807, 2.05) is 43.4 Å². The van der Waals surface area contributed by atoms with Gasteiger partial charge in [-0.15, -0.1) is 12.4 Å². The second kappa shape index (κ2) is 8.06. The number of carbonyl (C=O) groups excluding carboxylic acids is 1. The van der Waals surface area contributed by atoms with Crippen LogP contribution in [0.5, 0.6) is 0 Å². The molecular weight excluding hydrogens is 348 g/mol. The lowest BCUT2D eigenvalue weighted by Gasteiger charge is -2.26. The average molecular weight is 373 g/mol. The van der Waals surface area contributed by atoms with Gasteiger partial charge in [-0.05, 0) is 63.2 Å². The van der Waals surface area contributed by atoms with Crippen LogP contribution in [0.4, 0.5) is 17.2 Å².